The van der Waals surface area contributed by atoms with E-state index in [-0.39, 0.29) is 12.5 Å². The fraction of sp³-hybridized carbons (Fsp3) is 0.133. The molecule has 0 aliphatic rings. The third-order valence-corrected chi connectivity index (χ3v) is 3.28. The Morgan fingerprint density at radius 3 is 2.73 bits per heavy atom. The molecule has 2 aromatic rings. The number of aryl methyl sites for hydroxylation is 1. The van der Waals surface area contributed by atoms with Crippen molar-refractivity contribution in [1.29, 1.82) is 0 Å². The van der Waals surface area contributed by atoms with E-state index in [9.17, 15) is 9.59 Å². The number of anilines is 2. The second-order valence-electron chi connectivity index (χ2n) is 4.56. The van der Waals surface area contributed by atoms with Gasteiger partial charge in [0.05, 0.1) is 18.4 Å². The van der Waals surface area contributed by atoms with E-state index in [4.69, 9.17) is 0 Å². The van der Waals surface area contributed by atoms with Crippen LogP contribution in [0.15, 0.2) is 47.2 Å². The summed E-state index contributed by atoms with van der Waals surface area (Å²) in [4.78, 5) is 27.4. The summed E-state index contributed by atoms with van der Waals surface area (Å²) < 4.78 is 0.942. The quantitative estimate of drug-likeness (QED) is 0.781. The molecule has 3 N–H and O–H groups in total. The molecule has 2 rings (SSSR count). The number of urea groups is 1. The van der Waals surface area contributed by atoms with Crippen LogP contribution in [0.1, 0.15) is 5.56 Å². The van der Waals surface area contributed by atoms with E-state index in [0.29, 0.717) is 11.4 Å². The fourth-order valence-electron chi connectivity index (χ4n) is 1.73. The van der Waals surface area contributed by atoms with E-state index in [0.717, 1.165) is 10.0 Å². The van der Waals surface area contributed by atoms with E-state index < -0.39 is 6.03 Å². The minimum atomic E-state index is -0.462. The van der Waals surface area contributed by atoms with Crippen LogP contribution in [-0.2, 0) is 4.79 Å². The Morgan fingerprint density at radius 1 is 1.23 bits per heavy atom. The molecule has 0 aliphatic carbocycles. The van der Waals surface area contributed by atoms with Crippen molar-refractivity contribution in [2.45, 2.75) is 6.92 Å². The standard InChI is InChI=1S/C15H15BrN4O2/c1-10-7-11(16)4-5-13(10)20-14(21)9-18-15(22)19-12-3-2-6-17-8-12/h2-8H,9H2,1H3,(H,20,21)(H2,18,19,22). The normalized spacial score (nSPS) is 9.91. The summed E-state index contributed by atoms with van der Waals surface area (Å²) in [6.07, 6.45) is 3.13. The fourth-order valence-corrected chi connectivity index (χ4v) is 2.21. The van der Waals surface area contributed by atoms with Crippen LogP contribution >= 0.6 is 15.9 Å². The van der Waals surface area contributed by atoms with Gasteiger partial charge in [0.25, 0.3) is 0 Å². The number of aromatic nitrogens is 1. The molecule has 3 amide bonds. The van der Waals surface area contributed by atoms with Crippen molar-refractivity contribution in [3.8, 4) is 0 Å². The van der Waals surface area contributed by atoms with Crippen LogP contribution in [0.25, 0.3) is 0 Å². The summed E-state index contributed by atoms with van der Waals surface area (Å²) in [7, 11) is 0. The van der Waals surface area contributed by atoms with Crippen molar-refractivity contribution in [3.63, 3.8) is 0 Å². The van der Waals surface area contributed by atoms with Crippen molar-refractivity contribution >= 4 is 39.2 Å². The zero-order valence-corrected chi connectivity index (χ0v) is 13.5. The van der Waals surface area contributed by atoms with Crippen molar-refractivity contribution in [2.24, 2.45) is 0 Å². The number of nitrogens with zero attached hydrogens (tertiary/aromatic N) is 1. The lowest BCUT2D eigenvalue weighted by Crippen LogP contribution is -2.35. The largest absolute Gasteiger partial charge is 0.329 e. The number of rotatable bonds is 4. The molecule has 114 valence electrons. The number of benzene rings is 1. The van der Waals surface area contributed by atoms with Crippen molar-refractivity contribution in [3.05, 3.63) is 52.8 Å². The van der Waals surface area contributed by atoms with Gasteiger partial charge in [0, 0.05) is 16.4 Å². The molecule has 1 aromatic carbocycles. The molecule has 1 heterocycles. The lowest BCUT2D eigenvalue weighted by Gasteiger charge is -2.10. The average Bonchev–Trinajstić information content (AvgIpc) is 2.49. The number of hydrogen-bond donors (Lipinski definition) is 3. The second kappa shape index (κ2) is 7.56. The van der Waals surface area contributed by atoms with Crippen LogP contribution in [0, 0.1) is 6.92 Å². The SMILES string of the molecule is Cc1cc(Br)ccc1NC(=O)CNC(=O)Nc1cccnc1. The maximum Gasteiger partial charge on any atom is 0.319 e. The zero-order valence-electron chi connectivity index (χ0n) is 11.9. The highest BCUT2D eigenvalue weighted by atomic mass is 79.9. The number of halogens is 1. The number of pyridine rings is 1. The number of carbonyl (C=O) groups is 2. The molecule has 0 saturated carbocycles. The van der Waals surface area contributed by atoms with Crippen LogP contribution < -0.4 is 16.0 Å². The van der Waals surface area contributed by atoms with Gasteiger partial charge in [-0.1, -0.05) is 15.9 Å². The predicted molar refractivity (Wildman–Crippen MR) is 88.8 cm³/mol. The van der Waals surface area contributed by atoms with Gasteiger partial charge < -0.3 is 16.0 Å². The molecule has 6 nitrogen and oxygen atoms in total. The first kappa shape index (κ1) is 16.0. The van der Waals surface area contributed by atoms with E-state index >= 15 is 0 Å². The van der Waals surface area contributed by atoms with Crippen molar-refractivity contribution in [1.82, 2.24) is 10.3 Å². The Morgan fingerprint density at radius 2 is 2.05 bits per heavy atom. The summed E-state index contributed by atoms with van der Waals surface area (Å²) in [6.45, 7) is 1.77. The van der Waals surface area contributed by atoms with E-state index in [1.54, 1.807) is 24.4 Å². The van der Waals surface area contributed by atoms with Crippen LogP contribution in [0.2, 0.25) is 0 Å². The summed E-state index contributed by atoms with van der Waals surface area (Å²) in [5.74, 6) is -0.299. The maximum atomic E-state index is 11.8. The highest BCUT2D eigenvalue weighted by molar-refractivity contribution is 9.10. The van der Waals surface area contributed by atoms with Crippen molar-refractivity contribution in [2.75, 3.05) is 17.2 Å². The number of amides is 3. The molecule has 0 fully saturated rings. The van der Waals surface area contributed by atoms with E-state index in [2.05, 4.69) is 36.9 Å². The van der Waals surface area contributed by atoms with Gasteiger partial charge in [-0.05, 0) is 42.8 Å². The van der Waals surface area contributed by atoms with Gasteiger partial charge in [-0.3, -0.25) is 9.78 Å². The van der Waals surface area contributed by atoms with Crippen LogP contribution in [0.3, 0.4) is 0 Å². The van der Waals surface area contributed by atoms with Gasteiger partial charge in [-0.15, -0.1) is 0 Å². The molecule has 0 bridgehead atoms. The topological polar surface area (TPSA) is 83.1 Å². The van der Waals surface area contributed by atoms with E-state index in [1.165, 1.54) is 6.20 Å². The molecule has 0 aliphatic heterocycles. The molecule has 1 aromatic heterocycles. The van der Waals surface area contributed by atoms with Crippen LogP contribution in [-0.4, -0.2) is 23.5 Å². The average molecular weight is 363 g/mol. The van der Waals surface area contributed by atoms with Gasteiger partial charge in [0.1, 0.15) is 0 Å². The summed E-state index contributed by atoms with van der Waals surface area (Å²) in [5.41, 5.74) is 2.20. The smallest absolute Gasteiger partial charge is 0.319 e. The maximum absolute atomic E-state index is 11.8. The number of nitrogens with one attached hydrogen (secondary N) is 3. The molecule has 0 unspecified atom stereocenters. The van der Waals surface area contributed by atoms with E-state index in [1.807, 2.05) is 19.1 Å². The first-order chi connectivity index (χ1) is 10.5. The lowest BCUT2D eigenvalue weighted by atomic mass is 10.2. The molecule has 0 saturated heterocycles. The first-order valence-electron chi connectivity index (χ1n) is 6.55. The Kier molecular flexibility index (Phi) is 5.48. The molecular weight excluding hydrogens is 348 g/mol. The minimum absolute atomic E-state index is 0.123. The van der Waals surface area contributed by atoms with Gasteiger partial charge in [0.15, 0.2) is 0 Å². The molecule has 0 radical (unpaired) electrons. The Labute approximate surface area is 136 Å². The first-order valence-corrected chi connectivity index (χ1v) is 7.35. The Bertz CT molecular complexity index is 676. The molecule has 7 heteroatoms. The number of hydrogen-bond acceptors (Lipinski definition) is 3. The predicted octanol–water partition coefficient (Wildman–Crippen LogP) is 2.91. The third kappa shape index (κ3) is 4.85. The Balaban J connectivity index is 1.81. The summed E-state index contributed by atoms with van der Waals surface area (Å²) >= 11 is 3.36. The zero-order chi connectivity index (χ0) is 15.9. The van der Waals surface area contributed by atoms with Gasteiger partial charge in [-0.2, -0.15) is 0 Å². The van der Waals surface area contributed by atoms with Gasteiger partial charge in [-0.25, -0.2) is 4.79 Å². The molecule has 0 spiro atoms. The molecule has 22 heavy (non-hydrogen) atoms. The van der Waals surface area contributed by atoms with Crippen LogP contribution in [0.4, 0.5) is 16.2 Å². The third-order valence-electron chi connectivity index (χ3n) is 2.79. The summed E-state index contributed by atoms with van der Waals surface area (Å²) in [6, 6.07) is 8.49. The highest BCUT2D eigenvalue weighted by Gasteiger charge is 2.07. The molecule has 0 atom stereocenters. The number of carbonyl (C=O) groups excluding carboxylic acids is 2. The highest BCUT2D eigenvalue weighted by Crippen LogP contribution is 2.19. The van der Waals surface area contributed by atoms with Gasteiger partial charge >= 0.3 is 6.03 Å². The Hall–Kier alpha value is -2.41. The van der Waals surface area contributed by atoms with Crippen LogP contribution in [0.5, 0.6) is 0 Å². The van der Waals surface area contributed by atoms with Crippen molar-refractivity contribution < 1.29 is 9.59 Å². The monoisotopic (exact) mass is 362 g/mol. The summed E-state index contributed by atoms with van der Waals surface area (Å²) in [5, 5.41) is 7.81. The minimum Gasteiger partial charge on any atom is -0.329 e. The van der Waals surface area contributed by atoms with Gasteiger partial charge in [0.2, 0.25) is 5.91 Å². The lowest BCUT2D eigenvalue weighted by molar-refractivity contribution is -0.115. The second-order valence-corrected chi connectivity index (χ2v) is 5.47. The molecular formula is C15H15BrN4O2.